The van der Waals surface area contributed by atoms with E-state index in [2.05, 4.69) is 0 Å². The van der Waals surface area contributed by atoms with Gasteiger partial charge in [-0.15, -0.1) is 0 Å². The minimum Gasteiger partial charge on any atom is -0.378 e. The molecule has 2 atom stereocenters. The summed E-state index contributed by atoms with van der Waals surface area (Å²) in [6.45, 7) is 1.25. The van der Waals surface area contributed by atoms with Crippen LogP contribution in [0, 0.1) is 0 Å². The molecule has 0 radical (unpaired) electrons. The second kappa shape index (κ2) is 7.22. The first-order chi connectivity index (χ1) is 12.3. The van der Waals surface area contributed by atoms with Crippen LogP contribution in [0.1, 0.15) is 22.3 Å². The molecule has 2 amide bonds. The fraction of sp³-hybridized carbons (Fsp3) is 0.529. The summed E-state index contributed by atoms with van der Waals surface area (Å²) in [6.07, 6.45) is -5.96. The lowest BCUT2D eigenvalue weighted by atomic mass is 10.1. The summed E-state index contributed by atoms with van der Waals surface area (Å²) in [5, 5.41) is 0. The quantitative estimate of drug-likeness (QED) is 0.746. The maximum absolute atomic E-state index is 13.9. The van der Waals surface area contributed by atoms with Crippen molar-refractivity contribution in [3.63, 3.8) is 0 Å². The number of benzene rings is 1. The molecule has 0 aliphatic carbocycles. The van der Waals surface area contributed by atoms with Crippen LogP contribution in [0.5, 0.6) is 0 Å². The van der Waals surface area contributed by atoms with Crippen LogP contribution in [-0.4, -0.2) is 66.7 Å². The van der Waals surface area contributed by atoms with Crippen LogP contribution in [0.15, 0.2) is 24.3 Å². The molecule has 0 saturated carbocycles. The number of ether oxygens (including phenoxy) is 1. The number of nitrogens with zero attached hydrogens (tertiary/aromatic N) is 2. The van der Waals surface area contributed by atoms with E-state index in [1.165, 1.54) is 4.90 Å². The van der Waals surface area contributed by atoms with Crippen LogP contribution < -0.4 is 0 Å². The molecule has 0 bridgehead atoms. The van der Waals surface area contributed by atoms with Gasteiger partial charge in [0.05, 0.1) is 25.3 Å². The zero-order valence-electron chi connectivity index (χ0n) is 13.8. The smallest absolute Gasteiger partial charge is 0.378 e. The summed E-state index contributed by atoms with van der Waals surface area (Å²) < 4.78 is 57.0. The highest BCUT2D eigenvalue weighted by Gasteiger charge is 2.42. The minimum atomic E-state index is -4.51. The van der Waals surface area contributed by atoms with Crippen molar-refractivity contribution in [1.82, 2.24) is 9.80 Å². The molecule has 5 nitrogen and oxygen atoms in total. The topological polar surface area (TPSA) is 49.9 Å². The molecule has 1 aromatic rings. The Hall–Kier alpha value is -2.16. The lowest BCUT2D eigenvalue weighted by molar-refractivity contribution is -0.139. The third kappa shape index (κ3) is 3.82. The Balaban J connectivity index is 1.77. The highest BCUT2D eigenvalue weighted by molar-refractivity contribution is 5.98. The number of halogens is 4. The third-order valence-corrected chi connectivity index (χ3v) is 4.58. The molecule has 2 saturated heterocycles. The number of amides is 2. The summed E-state index contributed by atoms with van der Waals surface area (Å²) in [7, 11) is 0. The van der Waals surface area contributed by atoms with Gasteiger partial charge >= 0.3 is 6.18 Å². The van der Waals surface area contributed by atoms with Gasteiger partial charge in [0.25, 0.3) is 5.91 Å². The van der Waals surface area contributed by atoms with Crippen LogP contribution in [-0.2, 0) is 15.7 Å². The number of hydrogen-bond donors (Lipinski definition) is 0. The Kier molecular flexibility index (Phi) is 5.17. The number of alkyl halides is 4. The van der Waals surface area contributed by atoms with Crippen molar-refractivity contribution in [3.05, 3.63) is 35.4 Å². The number of carbonyl (C=O) groups is 2. The Morgan fingerprint density at radius 1 is 1.08 bits per heavy atom. The molecule has 0 aromatic heterocycles. The van der Waals surface area contributed by atoms with Crippen LogP contribution in [0.2, 0.25) is 0 Å². The molecule has 2 heterocycles. The first kappa shape index (κ1) is 18.6. The third-order valence-electron chi connectivity index (χ3n) is 4.58. The Bertz CT molecular complexity index is 672. The molecule has 1 aromatic carbocycles. The van der Waals surface area contributed by atoms with Gasteiger partial charge in [-0.1, -0.05) is 0 Å². The van der Waals surface area contributed by atoms with E-state index in [0.29, 0.717) is 26.3 Å². The van der Waals surface area contributed by atoms with Crippen molar-refractivity contribution in [1.29, 1.82) is 0 Å². The maximum Gasteiger partial charge on any atom is 0.416 e. The number of likely N-dealkylation sites (tertiary alicyclic amines) is 1. The molecule has 9 heteroatoms. The fourth-order valence-corrected chi connectivity index (χ4v) is 3.21. The van der Waals surface area contributed by atoms with E-state index < -0.39 is 29.9 Å². The van der Waals surface area contributed by atoms with E-state index in [1.54, 1.807) is 0 Å². The van der Waals surface area contributed by atoms with Gasteiger partial charge in [0.1, 0.15) is 12.2 Å². The number of hydrogen-bond acceptors (Lipinski definition) is 3. The van der Waals surface area contributed by atoms with Crippen LogP contribution in [0.25, 0.3) is 0 Å². The van der Waals surface area contributed by atoms with E-state index in [4.69, 9.17) is 4.74 Å². The second-order valence-corrected chi connectivity index (χ2v) is 6.32. The zero-order chi connectivity index (χ0) is 18.9. The molecule has 2 aliphatic heterocycles. The van der Waals surface area contributed by atoms with Crippen LogP contribution in [0.3, 0.4) is 0 Å². The van der Waals surface area contributed by atoms with Gasteiger partial charge < -0.3 is 14.5 Å². The SMILES string of the molecule is O=C([C@H]1C[C@@H](F)CN1C(=O)c1ccc(C(F)(F)F)cc1)N1CCOCC1. The summed E-state index contributed by atoms with van der Waals surface area (Å²) in [5.74, 6) is -1.00. The average Bonchev–Trinajstić information content (AvgIpc) is 3.02. The van der Waals surface area contributed by atoms with Crippen molar-refractivity contribution in [2.75, 3.05) is 32.8 Å². The Labute approximate surface area is 147 Å². The maximum atomic E-state index is 13.9. The monoisotopic (exact) mass is 374 g/mol. The number of rotatable bonds is 2. The van der Waals surface area contributed by atoms with Gasteiger partial charge in [0.2, 0.25) is 5.91 Å². The van der Waals surface area contributed by atoms with E-state index in [-0.39, 0.29) is 24.4 Å². The standard InChI is InChI=1S/C17H18F4N2O3/c18-13-9-14(16(25)22-5-7-26-8-6-22)23(10-13)15(24)11-1-3-12(4-2-11)17(19,20)21/h1-4,13-14H,5-10H2/t13-,14-/m1/s1. The Morgan fingerprint density at radius 3 is 2.27 bits per heavy atom. The largest absolute Gasteiger partial charge is 0.416 e. The molecular weight excluding hydrogens is 356 g/mol. The van der Waals surface area contributed by atoms with E-state index >= 15 is 0 Å². The lowest BCUT2D eigenvalue weighted by Crippen LogP contribution is -2.51. The summed E-state index contributed by atoms with van der Waals surface area (Å²) in [4.78, 5) is 27.9. The summed E-state index contributed by atoms with van der Waals surface area (Å²) in [5.41, 5.74) is -0.883. The van der Waals surface area contributed by atoms with Crippen molar-refractivity contribution < 1.29 is 31.9 Å². The van der Waals surface area contributed by atoms with Crippen molar-refractivity contribution in [2.24, 2.45) is 0 Å². The first-order valence-electron chi connectivity index (χ1n) is 8.26. The molecule has 0 unspecified atom stereocenters. The highest BCUT2D eigenvalue weighted by Crippen LogP contribution is 2.30. The number of carbonyl (C=O) groups excluding carboxylic acids is 2. The lowest BCUT2D eigenvalue weighted by Gasteiger charge is -2.32. The predicted octanol–water partition coefficient (Wildman–Crippen LogP) is 2.12. The van der Waals surface area contributed by atoms with Gasteiger partial charge in [-0.2, -0.15) is 13.2 Å². The van der Waals surface area contributed by atoms with Crippen LogP contribution in [0.4, 0.5) is 17.6 Å². The van der Waals surface area contributed by atoms with E-state index in [9.17, 15) is 27.2 Å². The molecule has 0 spiro atoms. The molecule has 26 heavy (non-hydrogen) atoms. The first-order valence-corrected chi connectivity index (χ1v) is 8.26. The zero-order valence-corrected chi connectivity index (χ0v) is 13.8. The normalized spacial score (nSPS) is 24.0. The predicted molar refractivity (Wildman–Crippen MR) is 83.2 cm³/mol. The van der Waals surface area contributed by atoms with E-state index in [1.807, 2.05) is 0 Å². The average molecular weight is 374 g/mol. The fourth-order valence-electron chi connectivity index (χ4n) is 3.21. The molecule has 0 N–H and O–H groups in total. The Morgan fingerprint density at radius 2 is 1.69 bits per heavy atom. The molecular formula is C17H18F4N2O3. The van der Waals surface area contributed by atoms with Gasteiger partial charge in [-0.05, 0) is 24.3 Å². The summed E-state index contributed by atoms with van der Waals surface area (Å²) >= 11 is 0. The van der Waals surface area contributed by atoms with Crippen molar-refractivity contribution >= 4 is 11.8 Å². The van der Waals surface area contributed by atoms with Crippen molar-refractivity contribution in [3.8, 4) is 0 Å². The number of morpholine rings is 1. The molecule has 2 fully saturated rings. The molecule has 3 rings (SSSR count). The molecule has 142 valence electrons. The van der Waals surface area contributed by atoms with Crippen molar-refractivity contribution in [2.45, 2.75) is 24.8 Å². The van der Waals surface area contributed by atoms with Gasteiger partial charge in [0, 0.05) is 25.1 Å². The van der Waals surface area contributed by atoms with Gasteiger partial charge in [0.15, 0.2) is 0 Å². The summed E-state index contributed by atoms with van der Waals surface area (Å²) in [6, 6.07) is 2.75. The highest BCUT2D eigenvalue weighted by atomic mass is 19.4. The minimum absolute atomic E-state index is 0.00752. The van der Waals surface area contributed by atoms with E-state index in [0.717, 1.165) is 29.2 Å². The van der Waals surface area contributed by atoms with Gasteiger partial charge in [-0.3, -0.25) is 9.59 Å². The van der Waals surface area contributed by atoms with Gasteiger partial charge in [-0.25, -0.2) is 4.39 Å². The van der Waals surface area contributed by atoms with Crippen LogP contribution >= 0.6 is 0 Å². The second-order valence-electron chi connectivity index (χ2n) is 6.32. The molecule has 2 aliphatic rings.